The van der Waals surface area contributed by atoms with Crippen LogP contribution >= 0.6 is 0 Å². The van der Waals surface area contributed by atoms with Crippen LogP contribution in [0.15, 0.2) is 55.0 Å². The van der Waals surface area contributed by atoms with E-state index in [0.29, 0.717) is 43.1 Å². The van der Waals surface area contributed by atoms with Crippen LogP contribution in [0.25, 0.3) is 11.1 Å². The summed E-state index contributed by atoms with van der Waals surface area (Å²) in [6.45, 7) is 1.83. The second-order valence-corrected chi connectivity index (χ2v) is 9.96. The average Bonchev–Trinajstić information content (AvgIpc) is 3.58. The number of halogens is 2. The maximum atomic E-state index is 13.6. The lowest BCUT2D eigenvalue weighted by Crippen LogP contribution is -2.28. The van der Waals surface area contributed by atoms with E-state index in [1.54, 1.807) is 52.5 Å². The molecule has 0 radical (unpaired) electrons. The number of alkyl halides is 2. The number of pyridine rings is 2. The Balaban J connectivity index is 1.27. The summed E-state index contributed by atoms with van der Waals surface area (Å²) in [7, 11) is 0. The molecule has 39 heavy (non-hydrogen) atoms. The minimum atomic E-state index is -2.67. The van der Waals surface area contributed by atoms with Crippen LogP contribution in [0.2, 0.25) is 0 Å². The number of likely N-dealkylation sites (tertiary alicyclic amines) is 2. The predicted octanol–water partition coefficient (Wildman–Crippen LogP) is 3.81. The maximum absolute atomic E-state index is 13.6. The van der Waals surface area contributed by atoms with E-state index < -0.39 is 11.8 Å². The minimum Gasteiger partial charge on any atom is -0.398 e. The molecule has 0 aliphatic carbocycles. The lowest BCUT2D eigenvalue weighted by Gasteiger charge is -2.16. The van der Waals surface area contributed by atoms with Crippen molar-refractivity contribution in [3.05, 3.63) is 71.8 Å². The van der Waals surface area contributed by atoms with Gasteiger partial charge in [0.2, 0.25) is 0 Å². The van der Waals surface area contributed by atoms with Crippen LogP contribution in [0.4, 0.5) is 20.2 Å². The van der Waals surface area contributed by atoms with Crippen LogP contribution in [0.1, 0.15) is 40.9 Å². The molecule has 2 aliphatic heterocycles. The Morgan fingerprint density at radius 3 is 2.51 bits per heavy atom. The Hall–Kier alpha value is -4.25. The number of amides is 2. The first-order valence-corrected chi connectivity index (χ1v) is 12.8. The number of nitrogens with zero attached hydrogens (tertiary/aromatic N) is 4. The van der Waals surface area contributed by atoms with Gasteiger partial charge in [-0.1, -0.05) is 6.07 Å². The van der Waals surface area contributed by atoms with Gasteiger partial charge in [0.15, 0.2) is 0 Å². The Bertz CT molecular complexity index is 1410. The van der Waals surface area contributed by atoms with Crippen LogP contribution in [0, 0.1) is 5.41 Å². The molecule has 0 bridgehead atoms. The van der Waals surface area contributed by atoms with Crippen molar-refractivity contribution in [2.75, 3.05) is 37.2 Å². The largest absolute Gasteiger partial charge is 0.398 e. The standard InChI is InChI=1S/C28H29F2N7O2/c29-28(30)7-10-36(17-28)16-18-11-20(14-33-13-18)19-3-5-23(31)22(12-19)25(32)26(38)35-21-4-6-24(34-15-21)27(39)37-8-1-2-9-37/h3-6,11-15,32H,1-2,7-10,16-17,31H2,(H,35,38). The molecule has 1 aromatic carbocycles. The van der Waals surface area contributed by atoms with Gasteiger partial charge in [-0.15, -0.1) is 0 Å². The van der Waals surface area contributed by atoms with Crippen LogP contribution in [-0.4, -0.2) is 69.4 Å². The summed E-state index contributed by atoms with van der Waals surface area (Å²) in [6, 6.07) is 10.00. The first kappa shape index (κ1) is 26.4. The monoisotopic (exact) mass is 533 g/mol. The van der Waals surface area contributed by atoms with Gasteiger partial charge in [0, 0.05) is 61.8 Å². The molecule has 5 rings (SSSR count). The Morgan fingerprint density at radius 2 is 1.82 bits per heavy atom. The molecule has 0 saturated carbocycles. The number of carbonyl (C=O) groups excluding carboxylic acids is 2. The zero-order chi connectivity index (χ0) is 27.6. The second kappa shape index (κ2) is 10.9. The van der Waals surface area contributed by atoms with Crippen molar-refractivity contribution in [1.29, 1.82) is 5.41 Å². The van der Waals surface area contributed by atoms with Crippen molar-refractivity contribution in [3.8, 4) is 11.1 Å². The zero-order valence-corrected chi connectivity index (χ0v) is 21.3. The van der Waals surface area contributed by atoms with Crippen molar-refractivity contribution in [3.63, 3.8) is 0 Å². The summed E-state index contributed by atoms with van der Waals surface area (Å²) < 4.78 is 27.1. The summed E-state index contributed by atoms with van der Waals surface area (Å²) in [4.78, 5) is 37.2. The number of hydrogen-bond acceptors (Lipinski definition) is 7. The van der Waals surface area contributed by atoms with E-state index in [2.05, 4.69) is 15.3 Å². The first-order valence-electron chi connectivity index (χ1n) is 12.8. The third-order valence-corrected chi connectivity index (χ3v) is 6.97. The van der Waals surface area contributed by atoms with Gasteiger partial charge in [-0.2, -0.15) is 0 Å². The van der Waals surface area contributed by atoms with E-state index in [4.69, 9.17) is 11.1 Å². The molecule has 0 unspecified atom stereocenters. The lowest BCUT2D eigenvalue weighted by molar-refractivity contribution is -0.110. The van der Waals surface area contributed by atoms with Crippen molar-refractivity contribution in [2.45, 2.75) is 31.7 Å². The fraction of sp³-hybridized carbons (Fsp3) is 0.321. The van der Waals surface area contributed by atoms with Gasteiger partial charge in [0.25, 0.3) is 17.7 Å². The lowest BCUT2D eigenvalue weighted by atomic mass is 9.99. The number of carbonyl (C=O) groups is 2. The zero-order valence-electron chi connectivity index (χ0n) is 21.3. The number of benzene rings is 1. The number of rotatable bonds is 7. The molecule has 3 aromatic rings. The van der Waals surface area contributed by atoms with Crippen molar-refractivity contribution in [1.82, 2.24) is 19.8 Å². The molecule has 9 nitrogen and oxygen atoms in total. The van der Waals surface area contributed by atoms with Gasteiger partial charge in [0.05, 0.1) is 18.4 Å². The van der Waals surface area contributed by atoms with Gasteiger partial charge in [0.1, 0.15) is 11.4 Å². The van der Waals surface area contributed by atoms with E-state index in [0.717, 1.165) is 24.0 Å². The predicted molar refractivity (Wildman–Crippen MR) is 144 cm³/mol. The quantitative estimate of drug-likeness (QED) is 0.313. The van der Waals surface area contributed by atoms with Gasteiger partial charge in [-0.25, -0.2) is 13.8 Å². The highest BCUT2D eigenvalue weighted by molar-refractivity contribution is 6.48. The summed E-state index contributed by atoms with van der Waals surface area (Å²) in [5.74, 6) is -3.48. The van der Waals surface area contributed by atoms with E-state index in [1.165, 1.54) is 6.20 Å². The fourth-order valence-corrected chi connectivity index (χ4v) is 4.88. The molecule has 2 amide bonds. The normalized spacial score (nSPS) is 16.8. The Morgan fingerprint density at radius 1 is 1.03 bits per heavy atom. The van der Waals surface area contributed by atoms with Crippen molar-refractivity contribution < 1.29 is 18.4 Å². The molecule has 2 saturated heterocycles. The first-order chi connectivity index (χ1) is 18.7. The molecule has 4 heterocycles. The maximum Gasteiger partial charge on any atom is 0.274 e. The summed E-state index contributed by atoms with van der Waals surface area (Å²) in [5.41, 5.74) is 9.11. The Kier molecular flexibility index (Phi) is 7.34. The third-order valence-electron chi connectivity index (χ3n) is 6.97. The molecule has 2 aromatic heterocycles. The third kappa shape index (κ3) is 6.09. The molecular formula is C28H29F2N7O2. The molecule has 0 spiro atoms. The molecule has 0 atom stereocenters. The van der Waals surface area contributed by atoms with E-state index in [1.807, 2.05) is 6.07 Å². The highest BCUT2D eigenvalue weighted by Gasteiger charge is 2.37. The summed E-state index contributed by atoms with van der Waals surface area (Å²) in [6.07, 6.45) is 6.48. The molecule has 4 N–H and O–H groups in total. The van der Waals surface area contributed by atoms with E-state index in [9.17, 15) is 18.4 Å². The minimum absolute atomic E-state index is 0.139. The molecule has 2 aliphatic rings. The SMILES string of the molecule is N=C(C(=O)Nc1ccc(C(=O)N2CCCC2)nc1)c1cc(-c2cncc(CN3CCC(F)(F)C3)c2)ccc1N. The highest BCUT2D eigenvalue weighted by Crippen LogP contribution is 2.29. The van der Waals surface area contributed by atoms with Gasteiger partial charge in [-0.05, 0) is 54.3 Å². The number of anilines is 2. The van der Waals surface area contributed by atoms with Gasteiger partial charge >= 0.3 is 0 Å². The Labute approximate surface area is 224 Å². The number of nitrogens with two attached hydrogens (primary N) is 1. The van der Waals surface area contributed by atoms with Crippen LogP contribution in [-0.2, 0) is 11.3 Å². The van der Waals surface area contributed by atoms with Crippen molar-refractivity contribution in [2.24, 2.45) is 0 Å². The van der Waals surface area contributed by atoms with E-state index in [-0.39, 0.29) is 35.8 Å². The van der Waals surface area contributed by atoms with Crippen LogP contribution in [0.5, 0.6) is 0 Å². The average molecular weight is 534 g/mol. The number of nitrogens with one attached hydrogen (secondary N) is 2. The topological polar surface area (TPSA) is 128 Å². The highest BCUT2D eigenvalue weighted by atomic mass is 19.3. The smallest absolute Gasteiger partial charge is 0.274 e. The summed E-state index contributed by atoms with van der Waals surface area (Å²) >= 11 is 0. The molecule has 202 valence electrons. The molecule has 2 fully saturated rings. The number of hydrogen-bond donors (Lipinski definition) is 3. The van der Waals surface area contributed by atoms with E-state index >= 15 is 0 Å². The van der Waals surface area contributed by atoms with Gasteiger partial charge in [-0.3, -0.25) is 24.9 Å². The van der Waals surface area contributed by atoms with Crippen LogP contribution in [0.3, 0.4) is 0 Å². The molecule has 11 heteroatoms. The van der Waals surface area contributed by atoms with Gasteiger partial charge < -0.3 is 16.0 Å². The fourth-order valence-electron chi connectivity index (χ4n) is 4.88. The summed E-state index contributed by atoms with van der Waals surface area (Å²) in [5, 5.41) is 11.1. The molecular weight excluding hydrogens is 504 g/mol. The number of aromatic nitrogens is 2. The van der Waals surface area contributed by atoms with Crippen molar-refractivity contribution >= 4 is 28.9 Å². The number of nitrogen functional groups attached to an aromatic ring is 1. The second-order valence-electron chi connectivity index (χ2n) is 9.96. The van der Waals surface area contributed by atoms with Crippen LogP contribution < -0.4 is 11.1 Å².